The number of aromatic nitrogens is 3. The Labute approximate surface area is 92.1 Å². The van der Waals surface area contributed by atoms with Crippen LogP contribution in [0.15, 0.2) is 11.6 Å². The third-order valence-electron chi connectivity index (χ3n) is 3.15. The molecule has 0 aromatic carbocycles. The van der Waals surface area contributed by atoms with Crippen LogP contribution in [0.3, 0.4) is 0 Å². The molecule has 3 rings (SSSR count). The Morgan fingerprint density at radius 1 is 1.40 bits per heavy atom. The largest absolute Gasteiger partial charge is 0.328 e. The fourth-order valence-corrected chi connectivity index (χ4v) is 3.06. The van der Waals surface area contributed by atoms with Gasteiger partial charge in [-0.25, -0.2) is 0 Å². The van der Waals surface area contributed by atoms with E-state index in [1.165, 1.54) is 12.8 Å². The molecule has 1 aliphatic rings. The van der Waals surface area contributed by atoms with E-state index >= 15 is 0 Å². The topological polar surface area (TPSA) is 56.2 Å². The van der Waals surface area contributed by atoms with Gasteiger partial charge in [-0.2, -0.15) is 0 Å². The molecule has 2 aromatic heterocycles. The molecule has 4 nitrogen and oxygen atoms in total. The van der Waals surface area contributed by atoms with Crippen molar-refractivity contribution < 1.29 is 0 Å². The molecule has 0 bridgehead atoms. The van der Waals surface area contributed by atoms with E-state index in [0.29, 0.717) is 12.0 Å². The molecule has 0 spiro atoms. The normalized spacial score (nSPS) is 27.3. The first-order valence-corrected chi connectivity index (χ1v) is 6.26. The Morgan fingerprint density at radius 3 is 3.20 bits per heavy atom. The van der Waals surface area contributed by atoms with Gasteiger partial charge in [0.15, 0.2) is 0 Å². The first-order valence-electron chi connectivity index (χ1n) is 5.38. The first-order chi connectivity index (χ1) is 7.34. The van der Waals surface area contributed by atoms with Gasteiger partial charge in [0.25, 0.3) is 0 Å². The molecule has 0 amide bonds. The van der Waals surface area contributed by atoms with Crippen molar-refractivity contribution in [3.05, 3.63) is 17.4 Å². The molecule has 1 fully saturated rings. The number of rotatable bonds is 1. The molecule has 2 atom stereocenters. The van der Waals surface area contributed by atoms with E-state index in [-0.39, 0.29) is 0 Å². The van der Waals surface area contributed by atoms with Crippen LogP contribution in [0.1, 0.15) is 37.4 Å². The summed E-state index contributed by atoms with van der Waals surface area (Å²) in [5, 5.41) is 10.5. The first kappa shape index (κ1) is 9.30. The highest BCUT2D eigenvalue weighted by atomic mass is 32.1. The highest BCUT2D eigenvalue weighted by Gasteiger charge is 2.24. The van der Waals surface area contributed by atoms with Gasteiger partial charge in [-0.05, 0) is 19.3 Å². The van der Waals surface area contributed by atoms with Crippen LogP contribution in [-0.4, -0.2) is 20.6 Å². The molecule has 1 saturated carbocycles. The molecule has 2 heterocycles. The predicted molar refractivity (Wildman–Crippen MR) is 60.0 cm³/mol. The van der Waals surface area contributed by atoms with Gasteiger partial charge in [-0.3, -0.25) is 4.40 Å². The van der Waals surface area contributed by atoms with Gasteiger partial charge in [-0.15, -0.1) is 21.5 Å². The minimum Gasteiger partial charge on any atom is -0.328 e. The molecular formula is C10H14N4S. The molecule has 5 heteroatoms. The number of hydrogen-bond donors (Lipinski definition) is 1. The lowest BCUT2D eigenvalue weighted by Crippen LogP contribution is -2.27. The van der Waals surface area contributed by atoms with Gasteiger partial charge in [-0.1, -0.05) is 6.42 Å². The van der Waals surface area contributed by atoms with Crippen molar-refractivity contribution in [2.75, 3.05) is 0 Å². The Balaban J connectivity index is 1.95. The van der Waals surface area contributed by atoms with E-state index in [9.17, 15) is 0 Å². The maximum atomic E-state index is 6.00. The molecule has 2 aromatic rings. The van der Waals surface area contributed by atoms with Crippen LogP contribution in [0.4, 0.5) is 0 Å². The SMILES string of the molecule is N[C@@H]1CCC[C@H](c2nnc3sccn23)C1. The van der Waals surface area contributed by atoms with Gasteiger partial charge < -0.3 is 5.73 Å². The van der Waals surface area contributed by atoms with E-state index in [0.717, 1.165) is 23.6 Å². The van der Waals surface area contributed by atoms with Crippen molar-refractivity contribution in [2.24, 2.45) is 5.73 Å². The second-order valence-electron chi connectivity index (χ2n) is 4.24. The van der Waals surface area contributed by atoms with E-state index in [2.05, 4.69) is 26.2 Å². The smallest absolute Gasteiger partial charge is 0.216 e. The molecular weight excluding hydrogens is 208 g/mol. The van der Waals surface area contributed by atoms with Crippen LogP contribution in [0.2, 0.25) is 0 Å². The zero-order valence-electron chi connectivity index (χ0n) is 8.47. The monoisotopic (exact) mass is 222 g/mol. The summed E-state index contributed by atoms with van der Waals surface area (Å²) >= 11 is 1.63. The molecule has 0 aliphatic heterocycles. The van der Waals surface area contributed by atoms with Gasteiger partial charge in [0.1, 0.15) is 5.82 Å². The minimum absolute atomic E-state index is 0.342. The second-order valence-corrected chi connectivity index (χ2v) is 5.11. The molecule has 2 N–H and O–H groups in total. The fourth-order valence-electron chi connectivity index (χ4n) is 2.40. The molecule has 0 radical (unpaired) electrons. The van der Waals surface area contributed by atoms with Crippen LogP contribution < -0.4 is 5.73 Å². The minimum atomic E-state index is 0.342. The number of fused-ring (bicyclic) bond motifs is 1. The molecule has 0 unspecified atom stereocenters. The average Bonchev–Trinajstić information content (AvgIpc) is 2.77. The van der Waals surface area contributed by atoms with Crippen molar-refractivity contribution in [2.45, 2.75) is 37.6 Å². The van der Waals surface area contributed by atoms with Crippen molar-refractivity contribution in [1.29, 1.82) is 0 Å². The quantitative estimate of drug-likeness (QED) is 0.800. The summed E-state index contributed by atoms with van der Waals surface area (Å²) in [5.41, 5.74) is 6.00. The van der Waals surface area contributed by atoms with Crippen LogP contribution >= 0.6 is 11.3 Å². The van der Waals surface area contributed by atoms with E-state index < -0.39 is 0 Å². The Bertz CT molecular complexity index is 461. The summed E-state index contributed by atoms with van der Waals surface area (Å²) in [6, 6.07) is 0.342. The lowest BCUT2D eigenvalue weighted by molar-refractivity contribution is 0.380. The van der Waals surface area contributed by atoms with Crippen LogP contribution in [-0.2, 0) is 0 Å². The zero-order valence-corrected chi connectivity index (χ0v) is 9.28. The number of nitrogens with zero attached hydrogens (tertiary/aromatic N) is 3. The molecule has 1 aliphatic carbocycles. The van der Waals surface area contributed by atoms with Crippen molar-refractivity contribution in [1.82, 2.24) is 14.6 Å². The molecule has 15 heavy (non-hydrogen) atoms. The fraction of sp³-hybridized carbons (Fsp3) is 0.600. The van der Waals surface area contributed by atoms with E-state index in [1.807, 2.05) is 0 Å². The summed E-state index contributed by atoms with van der Waals surface area (Å²) in [4.78, 5) is 0.990. The standard InChI is InChI=1S/C10H14N4S/c11-8-3-1-2-7(6-8)9-12-13-10-14(9)4-5-15-10/h4-5,7-8H,1-3,6,11H2/t7-,8+/m0/s1. The molecule has 80 valence electrons. The third kappa shape index (κ3) is 1.55. The number of thiazole rings is 1. The Morgan fingerprint density at radius 2 is 2.33 bits per heavy atom. The summed E-state index contributed by atoms with van der Waals surface area (Å²) in [6.07, 6.45) is 6.67. The van der Waals surface area contributed by atoms with Gasteiger partial charge >= 0.3 is 0 Å². The Kier molecular flexibility index (Phi) is 2.21. The van der Waals surface area contributed by atoms with Crippen LogP contribution in [0, 0.1) is 0 Å². The highest BCUT2D eigenvalue weighted by molar-refractivity contribution is 7.15. The van der Waals surface area contributed by atoms with Crippen LogP contribution in [0.25, 0.3) is 4.96 Å². The average molecular weight is 222 g/mol. The number of hydrogen-bond acceptors (Lipinski definition) is 4. The maximum Gasteiger partial charge on any atom is 0.216 e. The lowest BCUT2D eigenvalue weighted by atomic mass is 9.86. The molecule has 0 saturated heterocycles. The van der Waals surface area contributed by atoms with E-state index in [4.69, 9.17) is 5.73 Å². The van der Waals surface area contributed by atoms with Crippen molar-refractivity contribution in [3.63, 3.8) is 0 Å². The lowest BCUT2D eigenvalue weighted by Gasteiger charge is -2.24. The summed E-state index contributed by atoms with van der Waals surface area (Å²) in [7, 11) is 0. The van der Waals surface area contributed by atoms with Crippen LogP contribution in [0.5, 0.6) is 0 Å². The van der Waals surface area contributed by atoms with Gasteiger partial charge in [0.2, 0.25) is 4.96 Å². The third-order valence-corrected chi connectivity index (χ3v) is 3.90. The summed E-state index contributed by atoms with van der Waals surface area (Å²) in [6.45, 7) is 0. The zero-order chi connectivity index (χ0) is 10.3. The second kappa shape index (κ2) is 3.57. The van der Waals surface area contributed by atoms with E-state index in [1.54, 1.807) is 11.3 Å². The maximum absolute atomic E-state index is 6.00. The van der Waals surface area contributed by atoms with Gasteiger partial charge in [0.05, 0.1) is 0 Å². The summed E-state index contributed by atoms with van der Waals surface area (Å²) < 4.78 is 2.10. The Hall–Kier alpha value is -0.940. The van der Waals surface area contributed by atoms with Gasteiger partial charge in [0, 0.05) is 23.5 Å². The van der Waals surface area contributed by atoms with Crippen molar-refractivity contribution in [3.8, 4) is 0 Å². The number of nitrogens with two attached hydrogens (primary N) is 1. The summed E-state index contributed by atoms with van der Waals surface area (Å²) in [5.74, 6) is 1.60. The predicted octanol–water partition coefficient (Wildman–Crippen LogP) is 1.78. The highest BCUT2D eigenvalue weighted by Crippen LogP contribution is 2.31. The van der Waals surface area contributed by atoms with Crippen molar-refractivity contribution >= 4 is 16.3 Å².